The van der Waals surface area contributed by atoms with Gasteiger partial charge >= 0.3 is 0 Å². The van der Waals surface area contributed by atoms with Crippen LogP contribution in [-0.2, 0) is 20.0 Å². The van der Waals surface area contributed by atoms with Gasteiger partial charge < -0.3 is 5.32 Å². The van der Waals surface area contributed by atoms with Crippen molar-refractivity contribution in [2.45, 2.75) is 13.0 Å². The summed E-state index contributed by atoms with van der Waals surface area (Å²) in [6, 6.07) is 4.22. The Balaban J connectivity index is 1.70. The highest BCUT2D eigenvalue weighted by Crippen LogP contribution is 2.05. The molecule has 2 aromatic heterocycles. The molecule has 0 spiro atoms. The summed E-state index contributed by atoms with van der Waals surface area (Å²) < 4.78 is 1.92. The van der Waals surface area contributed by atoms with E-state index < -0.39 is 0 Å². The fourth-order valence-corrected chi connectivity index (χ4v) is 2.16. The minimum atomic E-state index is 0.960. The van der Waals surface area contributed by atoms with Crippen molar-refractivity contribution in [2.24, 2.45) is 7.05 Å². The third kappa shape index (κ3) is 2.91. The van der Waals surface area contributed by atoms with Crippen LogP contribution in [0.25, 0.3) is 0 Å². The van der Waals surface area contributed by atoms with Crippen LogP contribution in [0.15, 0.2) is 29.1 Å². The number of aryl methyl sites for hydroxylation is 1. The molecule has 0 aliphatic carbocycles. The molecule has 2 rings (SSSR count). The number of thiophene rings is 1. The lowest BCUT2D eigenvalue weighted by Gasteiger charge is -2.03. The first kappa shape index (κ1) is 10.4. The van der Waals surface area contributed by atoms with Gasteiger partial charge in [0.05, 0.1) is 0 Å². The van der Waals surface area contributed by atoms with Crippen molar-refractivity contribution in [1.82, 2.24) is 15.1 Å². The first-order chi connectivity index (χ1) is 7.36. The van der Waals surface area contributed by atoms with Crippen molar-refractivity contribution in [3.05, 3.63) is 40.3 Å². The van der Waals surface area contributed by atoms with Crippen LogP contribution in [0.2, 0.25) is 0 Å². The Morgan fingerprint density at radius 2 is 2.40 bits per heavy atom. The SMILES string of the molecule is Cn1nccc1CCNCc1ccsc1. The molecule has 4 heteroatoms. The molecule has 0 amide bonds. The summed E-state index contributed by atoms with van der Waals surface area (Å²) >= 11 is 1.74. The second kappa shape index (κ2) is 5.09. The Morgan fingerprint density at radius 1 is 1.47 bits per heavy atom. The van der Waals surface area contributed by atoms with E-state index in [-0.39, 0.29) is 0 Å². The van der Waals surface area contributed by atoms with Gasteiger partial charge in [-0.3, -0.25) is 4.68 Å². The summed E-state index contributed by atoms with van der Waals surface area (Å²) in [6.45, 7) is 1.96. The highest BCUT2D eigenvalue weighted by atomic mass is 32.1. The molecule has 0 saturated carbocycles. The van der Waals surface area contributed by atoms with Crippen LogP contribution in [0.4, 0.5) is 0 Å². The molecule has 0 atom stereocenters. The zero-order valence-corrected chi connectivity index (χ0v) is 9.63. The van der Waals surface area contributed by atoms with Crippen LogP contribution >= 0.6 is 11.3 Å². The fraction of sp³-hybridized carbons (Fsp3) is 0.364. The Kier molecular flexibility index (Phi) is 3.53. The first-order valence-electron chi connectivity index (χ1n) is 5.05. The lowest BCUT2D eigenvalue weighted by molar-refractivity contribution is 0.644. The van der Waals surface area contributed by atoms with Gasteiger partial charge in [-0.15, -0.1) is 0 Å². The fourth-order valence-electron chi connectivity index (χ4n) is 1.49. The molecule has 0 saturated heterocycles. The van der Waals surface area contributed by atoms with Crippen LogP contribution in [0.1, 0.15) is 11.3 Å². The van der Waals surface area contributed by atoms with E-state index in [2.05, 4.69) is 33.3 Å². The monoisotopic (exact) mass is 221 g/mol. The molecule has 80 valence electrons. The van der Waals surface area contributed by atoms with Gasteiger partial charge in [-0.2, -0.15) is 16.4 Å². The second-order valence-corrected chi connectivity index (χ2v) is 4.28. The lowest BCUT2D eigenvalue weighted by Crippen LogP contribution is -2.17. The Bertz CT molecular complexity index is 392. The maximum absolute atomic E-state index is 4.14. The number of hydrogen-bond acceptors (Lipinski definition) is 3. The molecule has 2 heterocycles. The average Bonchev–Trinajstić information content (AvgIpc) is 2.85. The van der Waals surface area contributed by atoms with Crippen molar-refractivity contribution < 1.29 is 0 Å². The number of nitrogens with one attached hydrogen (secondary N) is 1. The minimum Gasteiger partial charge on any atom is -0.312 e. The summed E-state index contributed by atoms with van der Waals surface area (Å²) in [5.74, 6) is 0. The molecule has 0 aliphatic rings. The minimum absolute atomic E-state index is 0.960. The number of rotatable bonds is 5. The Hall–Kier alpha value is -1.13. The molecule has 3 nitrogen and oxygen atoms in total. The standard InChI is InChI=1S/C11H15N3S/c1-14-11(3-6-13-14)2-5-12-8-10-4-7-15-9-10/h3-4,6-7,9,12H,2,5,8H2,1H3. The topological polar surface area (TPSA) is 29.9 Å². The summed E-state index contributed by atoms with van der Waals surface area (Å²) in [4.78, 5) is 0. The summed E-state index contributed by atoms with van der Waals surface area (Å²) in [7, 11) is 1.98. The molecule has 0 aliphatic heterocycles. The van der Waals surface area contributed by atoms with Gasteiger partial charge in [0.25, 0.3) is 0 Å². The van der Waals surface area contributed by atoms with E-state index >= 15 is 0 Å². The zero-order chi connectivity index (χ0) is 10.5. The van der Waals surface area contributed by atoms with E-state index in [9.17, 15) is 0 Å². The van der Waals surface area contributed by atoms with Gasteiger partial charge in [0.15, 0.2) is 0 Å². The molecular weight excluding hydrogens is 206 g/mol. The quantitative estimate of drug-likeness (QED) is 0.780. The summed E-state index contributed by atoms with van der Waals surface area (Å²) in [5, 5.41) is 11.8. The summed E-state index contributed by atoms with van der Waals surface area (Å²) in [5.41, 5.74) is 2.64. The van der Waals surface area contributed by atoms with Crippen LogP contribution in [0, 0.1) is 0 Å². The highest BCUT2D eigenvalue weighted by molar-refractivity contribution is 7.07. The van der Waals surface area contributed by atoms with E-state index in [0.29, 0.717) is 0 Å². The average molecular weight is 221 g/mol. The predicted octanol–water partition coefficient (Wildman–Crippen LogP) is 1.81. The molecule has 0 unspecified atom stereocenters. The van der Waals surface area contributed by atoms with Crippen LogP contribution in [-0.4, -0.2) is 16.3 Å². The third-order valence-electron chi connectivity index (χ3n) is 2.39. The molecule has 0 fully saturated rings. The van der Waals surface area contributed by atoms with Crippen molar-refractivity contribution >= 4 is 11.3 Å². The number of aromatic nitrogens is 2. The van der Waals surface area contributed by atoms with Crippen LogP contribution in [0.3, 0.4) is 0 Å². The van der Waals surface area contributed by atoms with E-state index in [4.69, 9.17) is 0 Å². The predicted molar refractivity (Wildman–Crippen MR) is 62.9 cm³/mol. The smallest absolute Gasteiger partial charge is 0.0492 e. The van der Waals surface area contributed by atoms with Gasteiger partial charge in [0.2, 0.25) is 0 Å². The molecule has 2 aromatic rings. The van der Waals surface area contributed by atoms with Gasteiger partial charge in [-0.25, -0.2) is 0 Å². The second-order valence-electron chi connectivity index (χ2n) is 3.50. The molecule has 15 heavy (non-hydrogen) atoms. The maximum atomic E-state index is 4.14. The lowest BCUT2D eigenvalue weighted by atomic mass is 10.3. The van der Waals surface area contributed by atoms with Crippen molar-refractivity contribution in [3.63, 3.8) is 0 Å². The molecule has 0 bridgehead atoms. The number of hydrogen-bond donors (Lipinski definition) is 1. The van der Waals surface area contributed by atoms with Gasteiger partial charge in [0, 0.05) is 38.4 Å². The normalized spacial score (nSPS) is 10.7. The molecular formula is C11H15N3S. The summed E-state index contributed by atoms with van der Waals surface area (Å²) in [6.07, 6.45) is 2.87. The maximum Gasteiger partial charge on any atom is 0.0492 e. The first-order valence-corrected chi connectivity index (χ1v) is 5.99. The van der Waals surface area contributed by atoms with Crippen LogP contribution < -0.4 is 5.32 Å². The third-order valence-corrected chi connectivity index (χ3v) is 3.12. The Labute approximate surface area is 93.7 Å². The molecule has 1 N–H and O–H groups in total. The number of nitrogens with zero attached hydrogens (tertiary/aromatic N) is 2. The molecule has 0 aromatic carbocycles. The van der Waals surface area contributed by atoms with Gasteiger partial charge in [-0.05, 0) is 28.5 Å². The van der Waals surface area contributed by atoms with Gasteiger partial charge in [-0.1, -0.05) is 0 Å². The van der Waals surface area contributed by atoms with E-state index in [1.807, 2.05) is 17.9 Å². The Morgan fingerprint density at radius 3 is 3.07 bits per heavy atom. The van der Waals surface area contributed by atoms with E-state index in [1.165, 1.54) is 11.3 Å². The van der Waals surface area contributed by atoms with Crippen LogP contribution in [0.5, 0.6) is 0 Å². The highest BCUT2D eigenvalue weighted by Gasteiger charge is 1.97. The van der Waals surface area contributed by atoms with E-state index in [0.717, 1.165) is 19.5 Å². The van der Waals surface area contributed by atoms with Crippen molar-refractivity contribution in [3.8, 4) is 0 Å². The van der Waals surface area contributed by atoms with Crippen molar-refractivity contribution in [1.29, 1.82) is 0 Å². The van der Waals surface area contributed by atoms with Crippen molar-refractivity contribution in [2.75, 3.05) is 6.54 Å². The zero-order valence-electron chi connectivity index (χ0n) is 8.81. The van der Waals surface area contributed by atoms with E-state index in [1.54, 1.807) is 11.3 Å². The largest absolute Gasteiger partial charge is 0.312 e. The van der Waals surface area contributed by atoms with Gasteiger partial charge in [0.1, 0.15) is 0 Å². The molecule has 0 radical (unpaired) electrons.